The van der Waals surface area contributed by atoms with E-state index in [1.54, 1.807) is 24.3 Å². The maximum absolute atomic E-state index is 10.8. The maximum atomic E-state index is 10.8. The number of aromatic hydroxyl groups is 1. The van der Waals surface area contributed by atoms with Gasteiger partial charge < -0.3 is 38.7 Å². The van der Waals surface area contributed by atoms with E-state index in [2.05, 4.69) is 5.16 Å². The number of nitrogens with zero attached hydrogens (tertiary/aromatic N) is 1. The van der Waals surface area contributed by atoms with Gasteiger partial charge >= 0.3 is 5.97 Å². The fraction of sp³-hybridized carbons (Fsp3) is 0.273. The van der Waals surface area contributed by atoms with Gasteiger partial charge in [0.05, 0.1) is 28.4 Å². The van der Waals surface area contributed by atoms with Gasteiger partial charge in [0.1, 0.15) is 12.3 Å². The smallest absolute Gasteiger partial charge is 0.344 e. The first kappa shape index (κ1) is 22.6. The highest BCUT2D eigenvalue weighted by Gasteiger charge is 2.27. The summed E-state index contributed by atoms with van der Waals surface area (Å²) in [5.41, 5.74) is 2.09. The van der Waals surface area contributed by atoms with Gasteiger partial charge in [-0.15, -0.1) is 0 Å². The summed E-state index contributed by atoms with van der Waals surface area (Å²) in [5.74, 6) is 0.487. The zero-order chi connectivity index (χ0) is 23.3. The van der Waals surface area contributed by atoms with E-state index < -0.39 is 12.6 Å². The third-order valence-electron chi connectivity index (χ3n) is 4.61. The summed E-state index contributed by atoms with van der Waals surface area (Å²) >= 11 is 0. The zero-order valence-corrected chi connectivity index (χ0v) is 18.0. The molecule has 0 aliphatic carbocycles. The number of aliphatic carboxylic acids is 1. The lowest BCUT2D eigenvalue weighted by molar-refractivity contribution is -0.142. The second-order valence-corrected chi connectivity index (χ2v) is 6.51. The number of carboxylic acids is 1. The molecule has 10 nitrogen and oxygen atoms in total. The van der Waals surface area contributed by atoms with Crippen LogP contribution in [0.5, 0.6) is 34.5 Å². The zero-order valence-electron chi connectivity index (χ0n) is 18.0. The fourth-order valence-electron chi connectivity index (χ4n) is 3.22. The van der Waals surface area contributed by atoms with E-state index in [4.69, 9.17) is 33.6 Å². The predicted octanol–water partition coefficient (Wildman–Crippen LogP) is 2.71. The third-order valence-corrected chi connectivity index (χ3v) is 4.61. The molecule has 0 aromatic heterocycles. The molecule has 0 fully saturated rings. The summed E-state index contributed by atoms with van der Waals surface area (Å²) in [4.78, 5) is 15.7. The van der Waals surface area contributed by atoms with E-state index in [0.29, 0.717) is 51.2 Å². The summed E-state index contributed by atoms with van der Waals surface area (Å²) < 4.78 is 27.6. The number of benzene rings is 2. The molecule has 0 radical (unpaired) electrons. The van der Waals surface area contributed by atoms with E-state index in [1.165, 1.54) is 34.5 Å². The number of ether oxygens (including phenoxy) is 5. The molecule has 0 amide bonds. The minimum absolute atomic E-state index is 0.0376. The lowest BCUT2D eigenvalue weighted by atomic mass is 9.95. The van der Waals surface area contributed by atoms with E-state index in [9.17, 15) is 9.90 Å². The Kier molecular flexibility index (Phi) is 6.93. The van der Waals surface area contributed by atoms with Gasteiger partial charge in [0.25, 0.3) is 0 Å². The van der Waals surface area contributed by atoms with Crippen molar-refractivity contribution in [2.75, 3.05) is 41.7 Å². The number of rotatable bonds is 8. The average Bonchev–Trinajstić information content (AvgIpc) is 2.96. The SMILES string of the molecule is COc1ccc(C2=CC(=NOCC(=O)O)COc3c2cc(OC)c(OC)c3OC)cc1O. The Morgan fingerprint density at radius 1 is 1.03 bits per heavy atom. The second-order valence-electron chi connectivity index (χ2n) is 6.51. The average molecular weight is 445 g/mol. The number of carbonyl (C=O) groups is 1. The van der Waals surface area contributed by atoms with Gasteiger partial charge in [-0.1, -0.05) is 11.2 Å². The van der Waals surface area contributed by atoms with Gasteiger partial charge in [-0.3, -0.25) is 0 Å². The Morgan fingerprint density at radius 3 is 2.34 bits per heavy atom. The van der Waals surface area contributed by atoms with Crippen LogP contribution in [0, 0.1) is 0 Å². The van der Waals surface area contributed by atoms with Crippen molar-refractivity contribution in [3.05, 3.63) is 41.5 Å². The van der Waals surface area contributed by atoms with Crippen molar-refractivity contribution in [2.24, 2.45) is 5.16 Å². The third kappa shape index (κ3) is 4.48. The number of methoxy groups -OCH3 is 4. The second kappa shape index (κ2) is 9.82. The molecular weight excluding hydrogens is 422 g/mol. The maximum Gasteiger partial charge on any atom is 0.344 e. The van der Waals surface area contributed by atoms with Crippen molar-refractivity contribution in [1.82, 2.24) is 0 Å². The minimum Gasteiger partial charge on any atom is -0.504 e. The van der Waals surface area contributed by atoms with Gasteiger partial charge in [0, 0.05) is 5.56 Å². The Balaban J connectivity index is 2.23. The predicted molar refractivity (Wildman–Crippen MR) is 114 cm³/mol. The number of phenolic OH excluding ortho intramolecular Hbond substituents is 1. The van der Waals surface area contributed by atoms with Gasteiger partial charge in [0.2, 0.25) is 18.1 Å². The van der Waals surface area contributed by atoms with Crippen molar-refractivity contribution < 1.29 is 43.5 Å². The molecule has 32 heavy (non-hydrogen) atoms. The van der Waals surface area contributed by atoms with Crippen LogP contribution in [0.3, 0.4) is 0 Å². The normalized spacial score (nSPS) is 13.9. The number of carboxylic acid groups (broad SMARTS) is 1. The van der Waals surface area contributed by atoms with Crippen molar-refractivity contribution in [2.45, 2.75) is 0 Å². The monoisotopic (exact) mass is 445 g/mol. The molecule has 2 aromatic rings. The molecule has 10 heteroatoms. The van der Waals surface area contributed by atoms with Crippen LogP contribution in [0.25, 0.3) is 5.57 Å². The highest BCUT2D eigenvalue weighted by Crippen LogP contribution is 2.50. The first-order chi connectivity index (χ1) is 15.4. The summed E-state index contributed by atoms with van der Waals surface area (Å²) in [6.07, 6.45) is 1.67. The van der Waals surface area contributed by atoms with Crippen molar-refractivity contribution >= 4 is 17.3 Å². The highest BCUT2D eigenvalue weighted by atomic mass is 16.6. The van der Waals surface area contributed by atoms with Crippen LogP contribution in [-0.2, 0) is 9.63 Å². The summed E-state index contributed by atoms with van der Waals surface area (Å²) in [7, 11) is 5.90. The number of fused-ring (bicyclic) bond motifs is 1. The van der Waals surface area contributed by atoms with Crippen LogP contribution in [-0.4, -0.2) is 63.5 Å². The first-order valence-corrected chi connectivity index (χ1v) is 9.39. The first-order valence-electron chi connectivity index (χ1n) is 9.39. The van der Waals surface area contributed by atoms with Crippen molar-refractivity contribution in [3.63, 3.8) is 0 Å². The molecule has 0 saturated carbocycles. The van der Waals surface area contributed by atoms with Crippen LogP contribution >= 0.6 is 0 Å². The number of hydrogen-bond acceptors (Lipinski definition) is 9. The minimum atomic E-state index is -1.16. The molecule has 0 saturated heterocycles. The summed E-state index contributed by atoms with van der Waals surface area (Å²) in [5, 5.41) is 23.0. The van der Waals surface area contributed by atoms with E-state index in [-0.39, 0.29) is 12.4 Å². The molecule has 0 unspecified atom stereocenters. The van der Waals surface area contributed by atoms with Gasteiger partial charge in [-0.25, -0.2) is 4.79 Å². The molecule has 2 N–H and O–H groups in total. The van der Waals surface area contributed by atoms with Crippen LogP contribution in [0.2, 0.25) is 0 Å². The molecule has 1 heterocycles. The van der Waals surface area contributed by atoms with Crippen molar-refractivity contribution in [3.8, 4) is 34.5 Å². The molecule has 3 rings (SSSR count). The molecule has 1 aliphatic heterocycles. The van der Waals surface area contributed by atoms with E-state index in [0.717, 1.165) is 0 Å². The van der Waals surface area contributed by atoms with Gasteiger partial charge in [0.15, 0.2) is 23.0 Å². The fourth-order valence-corrected chi connectivity index (χ4v) is 3.22. The molecule has 2 aromatic carbocycles. The Bertz CT molecular complexity index is 1080. The van der Waals surface area contributed by atoms with E-state index in [1.807, 2.05) is 0 Å². The number of hydrogen-bond donors (Lipinski definition) is 2. The molecular formula is C22H23NO9. The van der Waals surface area contributed by atoms with E-state index >= 15 is 0 Å². The Hall–Kier alpha value is -4.08. The lowest BCUT2D eigenvalue weighted by Gasteiger charge is -2.19. The largest absolute Gasteiger partial charge is 0.504 e. The van der Waals surface area contributed by atoms with Crippen molar-refractivity contribution in [1.29, 1.82) is 0 Å². The quantitative estimate of drug-likeness (QED) is 0.590. The number of phenols is 1. The topological polar surface area (TPSA) is 125 Å². The molecule has 0 atom stereocenters. The number of oxime groups is 1. The van der Waals surface area contributed by atoms with Crippen LogP contribution in [0.15, 0.2) is 35.5 Å². The lowest BCUT2D eigenvalue weighted by Crippen LogP contribution is -2.11. The van der Waals surface area contributed by atoms with Gasteiger partial charge in [-0.05, 0) is 35.4 Å². The molecule has 170 valence electrons. The Morgan fingerprint density at radius 2 is 1.75 bits per heavy atom. The van der Waals surface area contributed by atoms with Crippen LogP contribution in [0.4, 0.5) is 0 Å². The Labute approximate surface area is 184 Å². The van der Waals surface area contributed by atoms with Crippen LogP contribution in [0.1, 0.15) is 11.1 Å². The standard InChI is InChI=1S/C22H23NO9/c1-27-17-6-5-12(7-16(17)24)14-8-13(23-32-11-19(25)26)10-31-20-15(14)9-18(28-2)21(29-3)22(20)30-4/h5-9,24H,10-11H2,1-4H3,(H,25,26). The van der Waals surface area contributed by atoms with Crippen LogP contribution < -0.4 is 23.7 Å². The highest BCUT2D eigenvalue weighted by molar-refractivity contribution is 6.06. The molecule has 0 spiro atoms. The van der Waals surface area contributed by atoms with Gasteiger partial charge in [-0.2, -0.15) is 0 Å². The molecule has 0 bridgehead atoms. The molecule has 1 aliphatic rings. The summed E-state index contributed by atoms with van der Waals surface area (Å²) in [6.45, 7) is -0.641. The summed E-state index contributed by atoms with van der Waals surface area (Å²) in [6, 6.07) is 6.61.